The van der Waals surface area contributed by atoms with Crippen LogP contribution in [-0.4, -0.2) is 53.0 Å². The number of carbonyl (C=O) groups is 1. The molecule has 0 bridgehead atoms. The zero-order chi connectivity index (χ0) is 28.7. The molecule has 1 atom stereocenters. The maximum Gasteiger partial charge on any atom is 0.223 e. The maximum atomic E-state index is 13.8. The van der Waals surface area contributed by atoms with Crippen LogP contribution in [0.2, 0.25) is 0 Å². The number of hydrogen-bond donors (Lipinski definition) is 0. The van der Waals surface area contributed by atoms with E-state index in [2.05, 4.69) is 82.4 Å². The Morgan fingerprint density at radius 3 is 2.19 bits per heavy atom. The van der Waals surface area contributed by atoms with Crippen molar-refractivity contribution in [3.8, 4) is 0 Å². The van der Waals surface area contributed by atoms with Gasteiger partial charge in [-0.1, -0.05) is 103 Å². The van der Waals surface area contributed by atoms with E-state index in [-0.39, 0.29) is 17.6 Å². The lowest BCUT2D eigenvalue weighted by Crippen LogP contribution is -2.48. The highest BCUT2D eigenvalue weighted by molar-refractivity contribution is 5.87. The van der Waals surface area contributed by atoms with Crippen molar-refractivity contribution in [3.63, 3.8) is 0 Å². The predicted molar refractivity (Wildman–Crippen MR) is 169 cm³/mol. The molecule has 6 rings (SSSR count). The molecule has 5 heteroatoms. The van der Waals surface area contributed by atoms with Gasteiger partial charge < -0.3 is 9.47 Å². The number of hydrogen-bond acceptors (Lipinski definition) is 2. The second-order valence-electron chi connectivity index (χ2n) is 11.0. The van der Waals surface area contributed by atoms with Gasteiger partial charge in [-0.3, -0.25) is 9.69 Å². The molecule has 0 radical (unpaired) electrons. The fourth-order valence-corrected chi connectivity index (χ4v) is 5.95. The summed E-state index contributed by atoms with van der Waals surface area (Å²) in [4.78, 5) is 18.2. The minimum Gasteiger partial charge on any atom is -0.343 e. The van der Waals surface area contributed by atoms with Crippen molar-refractivity contribution in [2.45, 2.75) is 18.9 Å². The van der Waals surface area contributed by atoms with Crippen molar-refractivity contribution >= 4 is 22.9 Å². The molecule has 42 heavy (non-hydrogen) atoms. The van der Waals surface area contributed by atoms with Crippen LogP contribution < -0.4 is 0 Å². The van der Waals surface area contributed by atoms with Crippen LogP contribution in [0.1, 0.15) is 34.6 Å². The molecule has 212 valence electrons. The first-order valence-corrected chi connectivity index (χ1v) is 14.7. The van der Waals surface area contributed by atoms with E-state index in [1.807, 2.05) is 47.4 Å². The van der Waals surface area contributed by atoms with Gasteiger partial charge in [0.1, 0.15) is 5.82 Å². The van der Waals surface area contributed by atoms with E-state index in [9.17, 15) is 9.18 Å². The molecule has 0 N–H and O–H groups in total. The topological polar surface area (TPSA) is 28.5 Å². The highest BCUT2D eigenvalue weighted by Crippen LogP contribution is 2.35. The summed E-state index contributed by atoms with van der Waals surface area (Å²) in [6.45, 7) is 4.75. The normalized spacial score (nSPS) is 14.9. The summed E-state index contributed by atoms with van der Waals surface area (Å²) < 4.78 is 15.8. The molecule has 1 aliphatic rings. The number of halogens is 1. The van der Waals surface area contributed by atoms with Crippen molar-refractivity contribution in [1.82, 2.24) is 14.4 Å². The minimum absolute atomic E-state index is 0.0649. The molecule has 1 saturated heterocycles. The van der Waals surface area contributed by atoms with Gasteiger partial charge >= 0.3 is 0 Å². The number of rotatable bonds is 9. The highest BCUT2D eigenvalue weighted by Gasteiger charge is 2.27. The molecule has 5 aromatic rings. The predicted octanol–water partition coefficient (Wildman–Crippen LogP) is 7.21. The van der Waals surface area contributed by atoms with Crippen LogP contribution >= 0.6 is 0 Å². The molecule has 2 heterocycles. The summed E-state index contributed by atoms with van der Waals surface area (Å²) in [6.07, 6.45) is 6.98. The van der Waals surface area contributed by atoms with Crippen LogP contribution in [0.25, 0.3) is 17.0 Å². The third kappa shape index (κ3) is 6.53. The van der Waals surface area contributed by atoms with E-state index in [1.165, 1.54) is 17.7 Å². The Balaban J connectivity index is 1.19. The SMILES string of the molecule is O=C(C[C@@H](c1ccccc1)c1cn(Cc2ccc(F)cc2)c2ccccc12)N1CCN(C/C=C/c2ccccc2)CC1. The van der Waals surface area contributed by atoms with Crippen molar-refractivity contribution in [2.75, 3.05) is 32.7 Å². The monoisotopic (exact) mass is 557 g/mol. The molecule has 0 aliphatic carbocycles. The number of carbonyl (C=O) groups excluding carboxylic acids is 1. The Hall–Kier alpha value is -4.48. The lowest BCUT2D eigenvalue weighted by Gasteiger charge is -2.35. The van der Waals surface area contributed by atoms with Crippen LogP contribution in [0.5, 0.6) is 0 Å². The first-order valence-electron chi connectivity index (χ1n) is 14.7. The van der Waals surface area contributed by atoms with Crippen LogP contribution in [0.3, 0.4) is 0 Å². The first-order chi connectivity index (χ1) is 20.6. The summed E-state index contributed by atoms with van der Waals surface area (Å²) in [5.41, 5.74) is 5.64. The Labute approximate surface area is 247 Å². The van der Waals surface area contributed by atoms with Crippen molar-refractivity contribution in [3.05, 3.63) is 150 Å². The summed E-state index contributed by atoms with van der Waals surface area (Å²) >= 11 is 0. The van der Waals surface area contributed by atoms with E-state index in [0.29, 0.717) is 13.0 Å². The minimum atomic E-state index is -0.232. The van der Waals surface area contributed by atoms with E-state index < -0.39 is 0 Å². The Kier molecular flexibility index (Phi) is 8.57. The largest absolute Gasteiger partial charge is 0.343 e. The van der Waals surface area contributed by atoms with Gasteiger partial charge in [0.05, 0.1) is 0 Å². The van der Waals surface area contributed by atoms with Crippen LogP contribution in [0, 0.1) is 5.82 Å². The molecule has 1 fully saturated rings. The van der Waals surface area contributed by atoms with Crippen LogP contribution in [0.4, 0.5) is 4.39 Å². The van der Waals surface area contributed by atoms with Gasteiger partial charge in [-0.15, -0.1) is 0 Å². The van der Waals surface area contributed by atoms with Gasteiger partial charge in [-0.05, 0) is 40.5 Å². The van der Waals surface area contributed by atoms with Crippen molar-refractivity contribution in [2.24, 2.45) is 0 Å². The third-order valence-corrected chi connectivity index (χ3v) is 8.24. The standard InChI is InChI=1S/C37H36FN3O/c38-32-19-17-30(18-20-32)27-41-28-35(33-15-7-8-16-36(33)41)34(31-13-5-2-6-14-31)26-37(42)40-24-22-39(23-25-40)21-9-12-29-10-3-1-4-11-29/h1-20,28,34H,21-27H2/b12-9+/t34-/m0/s1. The molecular formula is C37H36FN3O. The van der Waals surface area contributed by atoms with Crippen LogP contribution in [0.15, 0.2) is 121 Å². The molecule has 0 spiro atoms. The van der Waals surface area contributed by atoms with E-state index in [4.69, 9.17) is 0 Å². The fourth-order valence-electron chi connectivity index (χ4n) is 5.95. The number of piperazine rings is 1. The lowest BCUT2D eigenvalue weighted by atomic mass is 9.87. The van der Waals surface area contributed by atoms with E-state index in [1.54, 1.807) is 0 Å². The molecule has 4 nitrogen and oxygen atoms in total. The Bertz CT molecular complexity index is 1640. The van der Waals surface area contributed by atoms with Crippen molar-refractivity contribution < 1.29 is 9.18 Å². The van der Waals surface area contributed by atoms with Gasteiger partial charge in [0, 0.05) is 68.7 Å². The first kappa shape index (κ1) is 27.7. The van der Waals surface area contributed by atoms with Gasteiger partial charge in [0.15, 0.2) is 0 Å². The van der Waals surface area contributed by atoms with E-state index in [0.717, 1.165) is 60.3 Å². The van der Waals surface area contributed by atoms with Gasteiger partial charge in [-0.25, -0.2) is 4.39 Å². The molecule has 1 aliphatic heterocycles. The fraction of sp³-hybridized carbons (Fsp3) is 0.216. The number of fused-ring (bicyclic) bond motifs is 1. The molecule has 0 saturated carbocycles. The molecule has 4 aromatic carbocycles. The van der Waals surface area contributed by atoms with Crippen LogP contribution in [-0.2, 0) is 11.3 Å². The maximum absolute atomic E-state index is 13.8. The Morgan fingerprint density at radius 2 is 1.45 bits per heavy atom. The number of para-hydroxylation sites is 1. The molecule has 1 amide bonds. The van der Waals surface area contributed by atoms with Gasteiger partial charge in [0.25, 0.3) is 0 Å². The van der Waals surface area contributed by atoms with Gasteiger partial charge in [-0.2, -0.15) is 0 Å². The second kappa shape index (κ2) is 13.0. The zero-order valence-electron chi connectivity index (χ0n) is 23.8. The van der Waals surface area contributed by atoms with Crippen molar-refractivity contribution in [1.29, 1.82) is 0 Å². The second-order valence-corrected chi connectivity index (χ2v) is 11.0. The number of nitrogens with zero attached hydrogens (tertiary/aromatic N) is 3. The number of benzene rings is 4. The number of amides is 1. The number of aromatic nitrogens is 1. The average molecular weight is 558 g/mol. The average Bonchev–Trinajstić information content (AvgIpc) is 3.40. The zero-order valence-corrected chi connectivity index (χ0v) is 23.8. The Morgan fingerprint density at radius 1 is 0.786 bits per heavy atom. The summed E-state index contributed by atoms with van der Waals surface area (Å²) in [6, 6.07) is 35.8. The quantitative estimate of drug-likeness (QED) is 0.192. The molecular weight excluding hydrogens is 521 g/mol. The molecule has 0 unspecified atom stereocenters. The van der Waals surface area contributed by atoms with Gasteiger partial charge in [0.2, 0.25) is 5.91 Å². The summed E-state index contributed by atoms with van der Waals surface area (Å²) in [5.74, 6) is -0.104. The summed E-state index contributed by atoms with van der Waals surface area (Å²) in [5, 5.41) is 1.15. The lowest BCUT2D eigenvalue weighted by molar-refractivity contribution is -0.133. The summed E-state index contributed by atoms with van der Waals surface area (Å²) in [7, 11) is 0. The molecule has 1 aromatic heterocycles. The van der Waals surface area contributed by atoms with E-state index >= 15 is 0 Å². The smallest absolute Gasteiger partial charge is 0.223 e. The highest BCUT2D eigenvalue weighted by atomic mass is 19.1. The third-order valence-electron chi connectivity index (χ3n) is 8.24.